The van der Waals surface area contributed by atoms with Gasteiger partial charge in [0.25, 0.3) is 0 Å². The highest BCUT2D eigenvalue weighted by atomic mass is 14.5. The molecule has 0 aliphatic rings. The topological polar surface area (TPSA) is 26.0 Å². The van der Waals surface area contributed by atoms with Crippen LogP contribution in [0.5, 0.6) is 0 Å². The van der Waals surface area contributed by atoms with Gasteiger partial charge in [-0.2, -0.15) is 0 Å². The van der Waals surface area contributed by atoms with E-state index in [2.05, 4.69) is 6.92 Å². The fraction of sp³-hybridized carbons (Fsp3) is 0.250. The van der Waals surface area contributed by atoms with Crippen LogP contribution in [0.25, 0.3) is 0 Å². The first-order chi connectivity index (χ1) is 2.41. The van der Waals surface area contributed by atoms with E-state index in [1.807, 2.05) is 0 Å². The minimum absolute atomic E-state index is 0.788. The minimum Gasteiger partial charge on any atom is -0.405 e. The largest absolute Gasteiger partial charge is 0.405 e. The van der Waals surface area contributed by atoms with E-state index in [4.69, 9.17) is 5.73 Å². The Hall–Kier alpha value is -0.460. The number of allylic oxidation sites excluding steroid dienone is 1. The van der Waals surface area contributed by atoms with Crippen molar-refractivity contribution in [1.29, 1.82) is 0 Å². The van der Waals surface area contributed by atoms with Gasteiger partial charge in [0.15, 0.2) is 0 Å². The highest BCUT2D eigenvalue weighted by molar-refractivity contribution is 4.75. The lowest BCUT2D eigenvalue weighted by Gasteiger charge is -1.66. The molecular weight excluding hydrogens is 62.1 g/mol. The molecule has 0 aromatic heterocycles. The molecule has 1 heteroatoms. The molecule has 0 aromatic rings. The summed E-state index contributed by atoms with van der Waals surface area (Å²) in [6.07, 6.45) is 4.07. The first kappa shape index (κ1) is 4.54. The predicted molar refractivity (Wildman–Crippen MR) is 23.3 cm³/mol. The summed E-state index contributed by atoms with van der Waals surface area (Å²) in [5.41, 5.74) is 4.92. The summed E-state index contributed by atoms with van der Waals surface area (Å²) in [6, 6.07) is 0. The maximum atomic E-state index is 4.92. The van der Waals surface area contributed by atoms with Gasteiger partial charge in [-0.25, -0.2) is 0 Å². The van der Waals surface area contributed by atoms with Crippen molar-refractivity contribution in [3.05, 3.63) is 19.2 Å². The monoisotopic (exact) mass is 70.1 g/mol. The lowest BCUT2D eigenvalue weighted by molar-refractivity contribution is 1.37. The van der Waals surface area contributed by atoms with Crippen LogP contribution in [0, 0.1) is 6.92 Å². The summed E-state index contributed by atoms with van der Waals surface area (Å²) in [7, 11) is 0. The maximum absolute atomic E-state index is 4.92. The molecule has 0 bridgehead atoms. The first-order valence-electron chi connectivity index (χ1n) is 1.57. The van der Waals surface area contributed by atoms with Crippen LogP contribution in [0.2, 0.25) is 0 Å². The highest BCUT2D eigenvalue weighted by Gasteiger charge is 1.52. The standard InChI is InChI=1S/C4H8N/c1-2-3-4-5/h3-4H,1-2,5H2/b4-3+. The van der Waals surface area contributed by atoms with Crippen LogP contribution in [-0.4, -0.2) is 0 Å². The first-order valence-corrected chi connectivity index (χ1v) is 1.57. The Morgan fingerprint density at radius 1 is 1.80 bits per heavy atom. The van der Waals surface area contributed by atoms with E-state index < -0.39 is 0 Å². The van der Waals surface area contributed by atoms with Crippen LogP contribution in [-0.2, 0) is 0 Å². The van der Waals surface area contributed by atoms with E-state index in [-0.39, 0.29) is 0 Å². The maximum Gasteiger partial charge on any atom is -0.0103 e. The summed E-state index contributed by atoms with van der Waals surface area (Å²) in [6.45, 7) is 3.51. The van der Waals surface area contributed by atoms with E-state index in [1.54, 1.807) is 6.08 Å². The van der Waals surface area contributed by atoms with Gasteiger partial charge in [0.05, 0.1) is 0 Å². The van der Waals surface area contributed by atoms with Crippen LogP contribution in [0.1, 0.15) is 6.42 Å². The van der Waals surface area contributed by atoms with Gasteiger partial charge in [-0.05, 0) is 19.5 Å². The van der Waals surface area contributed by atoms with Crippen LogP contribution in [0.3, 0.4) is 0 Å². The fourth-order valence-corrected chi connectivity index (χ4v) is 0.0962. The van der Waals surface area contributed by atoms with Crippen LogP contribution < -0.4 is 5.73 Å². The summed E-state index contributed by atoms with van der Waals surface area (Å²) in [5, 5.41) is 0. The summed E-state index contributed by atoms with van der Waals surface area (Å²) in [4.78, 5) is 0. The van der Waals surface area contributed by atoms with Crippen molar-refractivity contribution >= 4 is 0 Å². The molecule has 0 saturated heterocycles. The zero-order chi connectivity index (χ0) is 4.12. The molecule has 0 aliphatic carbocycles. The van der Waals surface area contributed by atoms with Crippen LogP contribution in [0.4, 0.5) is 0 Å². The highest BCUT2D eigenvalue weighted by Crippen LogP contribution is 1.68. The van der Waals surface area contributed by atoms with Gasteiger partial charge in [-0.1, -0.05) is 6.08 Å². The minimum atomic E-state index is 0.788. The lowest BCUT2D eigenvalue weighted by atomic mass is 10.5. The number of rotatable bonds is 1. The Labute approximate surface area is 32.5 Å². The molecule has 0 spiro atoms. The number of hydrogen-bond acceptors (Lipinski definition) is 1. The second-order valence-electron chi connectivity index (χ2n) is 0.717. The lowest BCUT2D eigenvalue weighted by Crippen LogP contribution is -1.72. The molecule has 0 aromatic carbocycles. The molecule has 0 rings (SSSR count). The van der Waals surface area contributed by atoms with Crippen molar-refractivity contribution in [3.8, 4) is 0 Å². The molecule has 29 valence electrons. The normalized spacial score (nSPS) is 9.80. The molecule has 5 heavy (non-hydrogen) atoms. The van der Waals surface area contributed by atoms with E-state index in [0.29, 0.717) is 0 Å². The third-order valence-corrected chi connectivity index (χ3v) is 0.303. The average molecular weight is 70.1 g/mol. The Bertz CT molecular complexity index is 30.6. The third-order valence-electron chi connectivity index (χ3n) is 0.303. The van der Waals surface area contributed by atoms with E-state index in [9.17, 15) is 0 Å². The molecule has 1 nitrogen and oxygen atoms in total. The van der Waals surface area contributed by atoms with E-state index in [0.717, 1.165) is 6.42 Å². The quantitative estimate of drug-likeness (QED) is 0.482. The van der Waals surface area contributed by atoms with Crippen molar-refractivity contribution in [2.75, 3.05) is 0 Å². The molecule has 0 atom stereocenters. The summed E-state index contributed by atoms with van der Waals surface area (Å²) in [5.74, 6) is 0. The van der Waals surface area contributed by atoms with Crippen molar-refractivity contribution in [3.63, 3.8) is 0 Å². The van der Waals surface area contributed by atoms with Crippen molar-refractivity contribution < 1.29 is 0 Å². The van der Waals surface area contributed by atoms with Gasteiger partial charge < -0.3 is 5.73 Å². The molecule has 2 N–H and O–H groups in total. The van der Waals surface area contributed by atoms with Gasteiger partial charge in [-0.3, -0.25) is 0 Å². The van der Waals surface area contributed by atoms with E-state index in [1.165, 1.54) is 6.20 Å². The van der Waals surface area contributed by atoms with Gasteiger partial charge in [-0.15, -0.1) is 0 Å². The fourth-order valence-electron chi connectivity index (χ4n) is 0.0962. The van der Waals surface area contributed by atoms with Gasteiger partial charge in [0.2, 0.25) is 0 Å². The van der Waals surface area contributed by atoms with Gasteiger partial charge in [0, 0.05) is 0 Å². The van der Waals surface area contributed by atoms with Gasteiger partial charge >= 0.3 is 0 Å². The number of nitrogens with two attached hydrogens (primary N) is 1. The molecule has 0 saturated carbocycles. The van der Waals surface area contributed by atoms with Crippen molar-refractivity contribution in [2.45, 2.75) is 6.42 Å². The molecule has 0 heterocycles. The zero-order valence-electron chi connectivity index (χ0n) is 3.15. The molecule has 0 amide bonds. The number of hydrogen-bond donors (Lipinski definition) is 1. The Balaban J connectivity index is 2.62. The van der Waals surface area contributed by atoms with Crippen molar-refractivity contribution in [1.82, 2.24) is 0 Å². The summed E-state index contributed by atoms with van der Waals surface area (Å²) < 4.78 is 0. The molecule has 0 unspecified atom stereocenters. The average Bonchev–Trinajstić information content (AvgIpc) is 1.41. The second kappa shape index (κ2) is 3.54. The van der Waals surface area contributed by atoms with Gasteiger partial charge in [0.1, 0.15) is 0 Å². The molecule has 1 radical (unpaired) electrons. The smallest absolute Gasteiger partial charge is 0.0103 e. The molecule has 0 fully saturated rings. The molecular formula is C4H8N. The molecule has 0 aliphatic heterocycles. The van der Waals surface area contributed by atoms with E-state index >= 15 is 0 Å². The third kappa shape index (κ3) is 3.54. The SMILES string of the molecule is [CH2]C/C=C/N. The van der Waals surface area contributed by atoms with Crippen molar-refractivity contribution in [2.24, 2.45) is 5.73 Å². The summed E-state index contributed by atoms with van der Waals surface area (Å²) >= 11 is 0. The predicted octanol–water partition coefficient (Wildman–Crippen LogP) is 0.683. The second-order valence-corrected chi connectivity index (χ2v) is 0.717. The Kier molecular flexibility index (Phi) is 3.21. The van der Waals surface area contributed by atoms with Crippen LogP contribution >= 0.6 is 0 Å². The zero-order valence-corrected chi connectivity index (χ0v) is 3.15. The Morgan fingerprint density at radius 2 is 2.40 bits per heavy atom. The Morgan fingerprint density at radius 3 is 2.40 bits per heavy atom. The van der Waals surface area contributed by atoms with Crippen LogP contribution in [0.15, 0.2) is 12.3 Å².